The molecule has 0 fully saturated rings. The minimum atomic E-state index is 0. The predicted octanol–water partition coefficient (Wildman–Crippen LogP) is -1.05. The SMILES string of the molecule is C=CC1=CCN(CC)C=C1.[Cl-]. The second-order valence-corrected chi connectivity index (χ2v) is 2.31. The van der Waals surface area contributed by atoms with Crippen LogP contribution in [0.15, 0.2) is 36.6 Å². The molecule has 1 aliphatic heterocycles. The van der Waals surface area contributed by atoms with Gasteiger partial charge in [0.05, 0.1) is 0 Å². The molecule has 0 aliphatic carbocycles. The predicted molar refractivity (Wildman–Crippen MR) is 44.7 cm³/mol. The summed E-state index contributed by atoms with van der Waals surface area (Å²) in [6.45, 7) is 7.95. The van der Waals surface area contributed by atoms with Crippen LogP contribution in [0.25, 0.3) is 0 Å². The Balaban J connectivity index is 0.000001000. The van der Waals surface area contributed by atoms with E-state index in [0.717, 1.165) is 13.1 Å². The van der Waals surface area contributed by atoms with Crippen LogP contribution in [0, 0.1) is 0 Å². The molecule has 0 amide bonds. The molecule has 0 radical (unpaired) electrons. The normalized spacial score (nSPS) is 15.4. The molecule has 1 aliphatic rings. The second kappa shape index (κ2) is 5.03. The van der Waals surface area contributed by atoms with Gasteiger partial charge in [-0.3, -0.25) is 0 Å². The summed E-state index contributed by atoms with van der Waals surface area (Å²) in [5.74, 6) is 0. The third kappa shape index (κ3) is 2.81. The number of hydrogen-bond acceptors (Lipinski definition) is 1. The van der Waals surface area contributed by atoms with E-state index >= 15 is 0 Å². The maximum atomic E-state index is 3.70. The molecule has 0 bridgehead atoms. The Kier molecular flexibility index (Phi) is 4.71. The summed E-state index contributed by atoms with van der Waals surface area (Å²) in [4.78, 5) is 2.24. The molecule has 0 saturated carbocycles. The molecule has 2 heteroatoms. The van der Waals surface area contributed by atoms with Gasteiger partial charge in [0.2, 0.25) is 0 Å². The zero-order valence-electron chi connectivity index (χ0n) is 6.76. The van der Waals surface area contributed by atoms with Crippen LogP contribution < -0.4 is 12.4 Å². The summed E-state index contributed by atoms with van der Waals surface area (Å²) in [6, 6.07) is 0. The third-order valence-electron chi connectivity index (χ3n) is 1.68. The molecule has 0 spiro atoms. The van der Waals surface area contributed by atoms with E-state index in [0.29, 0.717) is 0 Å². The highest BCUT2D eigenvalue weighted by atomic mass is 35.5. The van der Waals surface area contributed by atoms with Gasteiger partial charge < -0.3 is 17.3 Å². The van der Waals surface area contributed by atoms with Gasteiger partial charge in [-0.2, -0.15) is 0 Å². The largest absolute Gasteiger partial charge is 1.00 e. The van der Waals surface area contributed by atoms with Crippen molar-refractivity contribution in [3.05, 3.63) is 36.6 Å². The van der Waals surface area contributed by atoms with Crippen molar-refractivity contribution >= 4 is 0 Å². The van der Waals surface area contributed by atoms with E-state index in [1.165, 1.54) is 5.57 Å². The van der Waals surface area contributed by atoms with E-state index in [1.54, 1.807) is 0 Å². The standard InChI is InChI=1S/C9H13N.ClH/c1-3-9-5-7-10(4-2)8-6-9;/h3,5-7H,1,4,8H2,2H3;1H/p-1. The van der Waals surface area contributed by atoms with Crippen molar-refractivity contribution in [2.45, 2.75) is 6.92 Å². The van der Waals surface area contributed by atoms with Gasteiger partial charge in [0.15, 0.2) is 0 Å². The summed E-state index contributed by atoms with van der Waals surface area (Å²) >= 11 is 0. The summed E-state index contributed by atoms with van der Waals surface area (Å²) in [6.07, 6.45) is 8.25. The average molecular weight is 171 g/mol. The molecule has 0 unspecified atom stereocenters. The number of hydrogen-bond donors (Lipinski definition) is 0. The van der Waals surface area contributed by atoms with Gasteiger partial charge >= 0.3 is 0 Å². The van der Waals surface area contributed by atoms with Gasteiger partial charge in [-0.15, -0.1) is 0 Å². The van der Waals surface area contributed by atoms with E-state index in [9.17, 15) is 0 Å². The second-order valence-electron chi connectivity index (χ2n) is 2.31. The summed E-state index contributed by atoms with van der Waals surface area (Å²) in [5, 5.41) is 0. The lowest BCUT2D eigenvalue weighted by molar-refractivity contribution is -0.00000210. The molecule has 0 aromatic carbocycles. The zero-order valence-corrected chi connectivity index (χ0v) is 7.51. The van der Waals surface area contributed by atoms with E-state index in [2.05, 4.69) is 36.8 Å². The highest BCUT2D eigenvalue weighted by Gasteiger charge is 1.97. The number of allylic oxidation sites excluding steroid dienone is 3. The quantitative estimate of drug-likeness (QED) is 0.512. The van der Waals surface area contributed by atoms with Crippen molar-refractivity contribution in [1.29, 1.82) is 0 Å². The minimum absolute atomic E-state index is 0. The fraction of sp³-hybridized carbons (Fsp3) is 0.333. The lowest BCUT2D eigenvalue weighted by Crippen LogP contribution is -3.00. The molecule has 1 nitrogen and oxygen atoms in total. The Morgan fingerprint density at radius 1 is 1.73 bits per heavy atom. The van der Waals surface area contributed by atoms with Crippen molar-refractivity contribution in [3.63, 3.8) is 0 Å². The van der Waals surface area contributed by atoms with Crippen LogP contribution in [0.5, 0.6) is 0 Å². The monoisotopic (exact) mass is 170 g/mol. The lowest BCUT2D eigenvalue weighted by Gasteiger charge is -2.19. The smallest absolute Gasteiger partial charge is 0.0362 e. The first-order valence-electron chi connectivity index (χ1n) is 3.61. The Morgan fingerprint density at radius 2 is 2.45 bits per heavy atom. The van der Waals surface area contributed by atoms with Crippen LogP contribution in [-0.4, -0.2) is 18.0 Å². The van der Waals surface area contributed by atoms with Crippen molar-refractivity contribution in [3.8, 4) is 0 Å². The molecule has 0 atom stereocenters. The molecule has 1 heterocycles. The van der Waals surface area contributed by atoms with Gasteiger partial charge in [-0.25, -0.2) is 0 Å². The van der Waals surface area contributed by atoms with Crippen molar-refractivity contribution in [2.75, 3.05) is 13.1 Å². The van der Waals surface area contributed by atoms with Crippen LogP contribution >= 0.6 is 0 Å². The van der Waals surface area contributed by atoms with Gasteiger partial charge in [-0.05, 0) is 24.8 Å². The topological polar surface area (TPSA) is 3.24 Å². The fourth-order valence-electron chi connectivity index (χ4n) is 0.929. The minimum Gasteiger partial charge on any atom is -1.00 e. The molecule has 1 rings (SSSR count). The fourth-order valence-corrected chi connectivity index (χ4v) is 0.929. The number of nitrogens with zero attached hydrogens (tertiary/aromatic N) is 1. The van der Waals surface area contributed by atoms with Crippen LogP contribution in [0.3, 0.4) is 0 Å². The van der Waals surface area contributed by atoms with E-state index in [4.69, 9.17) is 0 Å². The first kappa shape index (κ1) is 10.3. The van der Waals surface area contributed by atoms with Crippen LogP contribution in [-0.2, 0) is 0 Å². The van der Waals surface area contributed by atoms with Gasteiger partial charge in [-0.1, -0.05) is 18.7 Å². The Morgan fingerprint density at radius 3 is 2.82 bits per heavy atom. The average Bonchev–Trinajstić information content (AvgIpc) is 2.05. The van der Waals surface area contributed by atoms with Gasteiger partial charge in [0.1, 0.15) is 0 Å². The highest BCUT2D eigenvalue weighted by Crippen LogP contribution is 2.06. The number of halogens is 1. The molecule has 0 aromatic heterocycles. The number of likely N-dealkylation sites (N-methyl/N-ethyl adjacent to an activating group) is 1. The Bertz CT molecular complexity index is 182. The molecule has 0 N–H and O–H groups in total. The molecule has 0 saturated heterocycles. The number of rotatable bonds is 2. The maximum absolute atomic E-state index is 3.70. The van der Waals surface area contributed by atoms with Crippen LogP contribution in [0.2, 0.25) is 0 Å². The first-order chi connectivity index (χ1) is 4.86. The summed E-state index contributed by atoms with van der Waals surface area (Å²) < 4.78 is 0. The third-order valence-corrected chi connectivity index (χ3v) is 1.68. The van der Waals surface area contributed by atoms with E-state index in [-0.39, 0.29) is 12.4 Å². The van der Waals surface area contributed by atoms with Crippen LogP contribution in [0.4, 0.5) is 0 Å². The van der Waals surface area contributed by atoms with E-state index in [1.807, 2.05) is 6.08 Å². The molecular weight excluding hydrogens is 158 g/mol. The van der Waals surface area contributed by atoms with Crippen molar-refractivity contribution < 1.29 is 12.4 Å². The highest BCUT2D eigenvalue weighted by molar-refractivity contribution is 5.31. The Labute approximate surface area is 74.5 Å². The molecule has 0 aromatic rings. The van der Waals surface area contributed by atoms with Gasteiger partial charge in [0.25, 0.3) is 0 Å². The summed E-state index contributed by atoms with van der Waals surface area (Å²) in [7, 11) is 0. The molecule has 11 heavy (non-hydrogen) atoms. The van der Waals surface area contributed by atoms with Gasteiger partial charge in [0, 0.05) is 13.1 Å². The Hall–Kier alpha value is -0.690. The van der Waals surface area contributed by atoms with E-state index < -0.39 is 0 Å². The van der Waals surface area contributed by atoms with Crippen LogP contribution in [0.1, 0.15) is 6.92 Å². The molecule has 62 valence electrons. The zero-order chi connectivity index (χ0) is 7.40. The molecular formula is C9H13ClN-. The van der Waals surface area contributed by atoms with Crippen molar-refractivity contribution in [1.82, 2.24) is 4.90 Å². The maximum Gasteiger partial charge on any atom is 0.0362 e. The first-order valence-corrected chi connectivity index (χ1v) is 3.61. The summed E-state index contributed by atoms with van der Waals surface area (Å²) in [5.41, 5.74) is 1.23. The lowest BCUT2D eigenvalue weighted by atomic mass is 10.2. The van der Waals surface area contributed by atoms with Crippen molar-refractivity contribution in [2.24, 2.45) is 0 Å².